The van der Waals surface area contributed by atoms with Gasteiger partial charge in [-0.1, -0.05) is 30.3 Å². The van der Waals surface area contributed by atoms with E-state index >= 15 is 0 Å². The van der Waals surface area contributed by atoms with E-state index in [0.29, 0.717) is 24.7 Å². The van der Waals surface area contributed by atoms with Gasteiger partial charge in [-0.2, -0.15) is 18.3 Å². The Morgan fingerprint density at radius 3 is 2.31 bits per heavy atom. The number of hydrogen-bond donors (Lipinski definition) is 0. The number of likely N-dealkylation sites (tertiary alicyclic amines) is 1. The lowest BCUT2D eigenvalue weighted by Gasteiger charge is -2.20. The van der Waals surface area contributed by atoms with Gasteiger partial charge in [0, 0.05) is 24.6 Å². The molecule has 9 heteroatoms. The van der Waals surface area contributed by atoms with Gasteiger partial charge in [0.1, 0.15) is 12.4 Å². The van der Waals surface area contributed by atoms with Gasteiger partial charge in [0.25, 0.3) is 6.43 Å². The van der Waals surface area contributed by atoms with Gasteiger partial charge in [0.05, 0.1) is 6.54 Å². The molecule has 2 atom stereocenters. The third-order valence-corrected chi connectivity index (χ3v) is 5.01. The maximum Gasteiger partial charge on any atom is 0.401 e. The van der Waals surface area contributed by atoms with E-state index in [2.05, 4.69) is 10.1 Å². The first-order valence-electron chi connectivity index (χ1n) is 8.39. The van der Waals surface area contributed by atoms with Crippen LogP contribution < -0.4 is 0 Å². The van der Waals surface area contributed by atoms with Gasteiger partial charge in [-0.3, -0.25) is 4.90 Å². The van der Waals surface area contributed by atoms with Crippen LogP contribution >= 0.6 is 0 Å². The number of aromatic nitrogens is 3. The minimum Gasteiger partial charge on any atom is -0.294 e. The molecule has 0 bridgehead atoms. The van der Waals surface area contributed by atoms with Gasteiger partial charge >= 0.3 is 6.18 Å². The molecule has 140 valence electrons. The van der Waals surface area contributed by atoms with E-state index in [-0.39, 0.29) is 17.8 Å². The highest BCUT2D eigenvalue weighted by molar-refractivity contribution is 5.54. The van der Waals surface area contributed by atoms with Crippen LogP contribution in [0, 0.1) is 11.8 Å². The number of hydrogen-bond acceptors (Lipinski definition) is 3. The van der Waals surface area contributed by atoms with Gasteiger partial charge in [-0.05, 0) is 11.8 Å². The molecular formula is C17H17F5N4. The van der Waals surface area contributed by atoms with Crippen LogP contribution in [0.2, 0.25) is 0 Å². The summed E-state index contributed by atoms with van der Waals surface area (Å²) in [5.41, 5.74) is 0.728. The minimum absolute atomic E-state index is 0.0293. The molecule has 1 aromatic heterocycles. The van der Waals surface area contributed by atoms with E-state index in [4.69, 9.17) is 0 Å². The van der Waals surface area contributed by atoms with E-state index < -0.39 is 25.7 Å². The van der Waals surface area contributed by atoms with Crippen LogP contribution in [0.3, 0.4) is 0 Å². The zero-order valence-electron chi connectivity index (χ0n) is 13.7. The molecule has 1 saturated heterocycles. The van der Waals surface area contributed by atoms with Crippen LogP contribution in [-0.2, 0) is 6.54 Å². The van der Waals surface area contributed by atoms with Crippen molar-refractivity contribution < 1.29 is 22.0 Å². The van der Waals surface area contributed by atoms with Crippen molar-refractivity contribution in [3.8, 4) is 11.4 Å². The first kappa shape index (κ1) is 17.4. The third kappa shape index (κ3) is 3.44. The first-order valence-corrected chi connectivity index (χ1v) is 8.39. The monoisotopic (exact) mass is 372 g/mol. The normalized spacial score (nSPS) is 25.7. The molecule has 2 aromatic rings. The lowest BCUT2D eigenvalue weighted by atomic mass is 10.2. The molecule has 2 heterocycles. The quantitative estimate of drug-likeness (QED) is 0.755. The number of piperidine rings is 1. The van der Waals surface area contributed by atoms with E-state index in [1.807, 2.05) is 18.2 Å². The van der Waals surface area contributed by atoms with Crippen molar-refractivity contribution in [2.75, 3.05) is 19.6 Å². The lowest BCUT2D eigenvalue weighted by molar-refractivity contribution is -0.144. The van der Waals surface area contributed by atoms with Crippen LogP contribution in [0.5, 0.6) is 0 Å². The SMILES string of the molecule is FC(F)Cn1nc(-c2ccccc2)nc1C1C2CN(CC(F)(F)F)CC21. The van der Waals surface area contributed by atoms with Gasteiger partial charge in [0.2, 0.25) is 0 Å². The van der Waals surface area contributed by atoms with Crippen LogP contribution in [0.15, 0.2) is 30.3 Å². The van der Waals surface area contributed by atoms with Crippen LogP contribution in [0.1, 0.15) is 11.7 Å². The summed E-state index contributed by atoms with van der Waals surface area (Å²) in [7, 11) is 0. The summed E-state index contributed by atoms with van der Waals surface area (Å²) in [6.07, 6.45) is -6.79. The highest BCUT2D eigenvalue weighted by atomic mass is 19.4. The van der Waals surface area contributed by atoms with Crippen molar-refractivity contribution in [3.05, 3.63) is 36.2 Å². The Morgan fingerprint density at radius 1 is 1.08 bits per heavy atom. The van der Waals surface area contributed by atoms with Crippen LogP contribution in [0.4, 0.5) is 22.0 Å². The Balaban J connectivity index is 1.53. The second kappa shape index (κ2) is 6.29. The van der Waals surface area contributed by atoms with E-state index in [9.17, 15) is 22.0 Å². The molecule has 0 radical (unpaired) electrons. The average molecular weight is 372 g/mol. The van der Waals surface area contributed by atoms with Gasteiger partial charge < -0.3 is 0 Å². The molecule has 1 aromatic carbocycles. The predicted molar refractivity (Wildman–Crippen MR) is 83.7 cm³/mol. The summed E-state index contributed by atoms with van der Waals surface area (Å²) in [6, 6.07) is 9.05. The molecule has 1 saturated carbocycles. The van der Waals surface area contributed by atoms with E-state index in [0.717, 1.165) is 5.56 Å². The number of rotatable bonds is 5. The Hall–Kier alpha value is -2.03. The summed E-state index contributed by atoms with van der Waals surface area (Å²) >= 11 is 0. The molecular weight excluding hydrogens is 355 g/mol. The zero-order valence-corrected chi connectivity index (χ0v) is 13.7. The maximum absolute atomic E-state index is 12.9. The highest BCUT2D eigenvalue weighted by Gasteiger charge is 2.59. The summed E-state index contributed by atoms with van der Waals surface area (Å²) in [6.45, 7) is -0.850. The first-order chi connectivity index (χ1) is 12.3. The van der Waals surface area contributed by atoms with Crippen LogP contribution in [0.25, 0.3) is 11.4 Å². The predicted octanol–water partition coefficient (Wildman–Crippen LogP) is 3.42. The Kier molecular flexibility index (Phi) is 4.21. The molecule has 0 spiro atoms. The highest BCUT2D eigenvalue weighted by Crippen LogP contribution is 2.58. The van der Waals surface area contributed by atoms with Crippen molar-refractivity contribution in [1.29, 1.82) is 0 Å². The topological polar surface area (TPSA) is 34.0 Å². The maximum atomic E-state index is 12.9. The van der Waals surface area contributed by atoms with Crippen molar-refractivity contribution in [3.63, 3.8) is 0 Å². The molecule has 26 heavy (non-hydrogen) atoms. The number of fused-ring (bicyclic) bond motifs is 1. The number of alkyl halides is 5. The summed E-state index contributed by atoms with van der Waals surface area (Å²) in [5.74, 6) is 0.801. The second-order valence-electron chi connectivity index (χ2n) is 6.90. The fourth-order valence-corrected chi connectivity index (χ4v) is 3.95. The zero-order chi connectivity index (χ0) is 18.5. The number of benzene rings is 1. The molecule has 2 aliphatic rings. The van der Waals surface area contributed by atoms with Gasteiger partial charge in [0.15, 0.2) is 5.82 Å². The Morgan fingerprint density at radius 2 is 1.73 bits per heavy atom. The molecule has 2 fully saturated rings. The Labute approximate surface area is 146 Å². The van der Waals surface area contributed by atoms with Gasteiger partial charge in [-0.15, -0.1) is 0 Å². The smallest absolute Gasteiger partial charge is 0.294 e. The molecule has 0 N–H and O–H groups in total. The second-order valence-corrected chi connectivity index (χ2v) is 6.90. The summed E-state index contributed by atoms with van der Waals surface area (Å²) < 4.78 is 64.6. The van der Waals surface area contributed by atoms with Crippen LogP contribution in [-0.4, -0.2) is 51.9 Å². The Bertz CT molecular complexity index is 761. The largest absolute Gasteiger partial charge is 0.401 e. The lowest BCUT2D eigenvalue weighted by Crippen LogP contribution is -2.34. The number of halogens is 5. The summed E-state index contributed by atoms with van der Waals surface area (Å²) in [4.78, 5) is 5.83. The van der Waals surface area contributed by atoms with Crippen molar-refractivity contribution >= 4 is 0 Å². The molecule has 2 unspecified atom stereocenters. The van der Waals surface area contributed by atoms with Gasteiger partial charge in [-0.25, -0.2) is 18.4 Å². The average Bonchev–Trinajstić information content (AvgIpc) is 2.91. The third-order valence-electron chi connectivity index (χ3n) is 5.01. The fourth-order valence-electron chi connectivity index (χ4n) is 3.95. The molecule has 0 amide bonds. The fraction of sp³-hybridized carbons (Fsp3) is 0.529. The van der Waals surface area contributed by atoms with Crippen molar-refractivity contribution in [2.45, 2.75) is 25.1 Å². The molecule has 1 aliphatic heterocycles. The summed E-state index contributed by atoms with van der Waals surface area (Å²) in [5, 5.41) is 4.22. The number of nitrogens with zero attached hydrogens (tertiary/aromatic N) is 4. The molecule has 4 nitrogen and oxygen atoms in total. The van der Waals surface area contributed by atoms with E-state index in [1.165, 1.54) is 9.58 Å². The molecule has 1 aliphatic carbocycles. The minimum atomic E-state index is -4.22. The van der Waals surface area contributed by atoms with Crippen molar-refractivity contribution in [2.24, 2.45) is 11.8 Å². The molecule has 4 rings (SSSR count). The standard InChI is InChI=1S/C17H17F5N4/c18-13(19)8-26-16(23-15(24-26)10-4-2-1-3-5-10)14-11-6-25(7-12(11)14)9-17(20,21)22/h1-5,11-14H,6-9H2. The van der Waals surface area contributed by atoms with E-state index in [1.54, 1.807) is 12.1 Å². The van der Waals surface area contributed by atoms with Crippen molar-refractivity contribution in [1.82, 2.24) is 19.7 Å².